The molecule has 0 N–H and O–H groups in total. The van der Waals surface area contributed by atoms with Crippen LogP contribution in [-0.4, -0.2) is 24.6 Å². The van der Waals surface area contributed by atoms with Crippen molar-refractivity contribution < 1.29 is 19.1 Å². The van der Waals surface area contributed by atoms with E-state index in [2.05, 4.69) is 22.6 Å². The van der Waals surface area contributed by atoms with Crippen LogP contribution >= 0.6 is 0 Å². The fourth-order valence-electron chi connectivity index (χ4n) is 0.595. The topological polar surface area (TPSA) is 100 Å². The van der Waals surface area contributed by atoms with Gasteiger partial charge in [0, 0.05) is 0 Å². The summed E-state index contributed by atoms with van der Waals surface area (Å²) >= 11 is 0. The van der Waals surface area contributed by atoms with E-state index < -0.39 is 11.9 Å². The molecule has 6 nitrogen and oxygen atoms in total. The Kier molecular flexibility index (Phi) is 10.4. The maximum Gasteiger partial charge on any atom is 0.348 e. The molecule has 0 fully saturated rings. The maximum atomic E-state index is 10.6. The van der Waals surface area contributed by atoms with Gasteiger partial charge in [-0.05, 0) is 20.8 Å². The lowest BCUT2D eigenvalue weighted by atomic mass is 10.3. The van der Waals surface area contributed by atoms with Gasteiger partial charge in [-0.2, -0.15) is 10.5 Å². The number of nitriles is 2. The molecule has 0 spiro atoms. The van der Waals surface area contributed by atoms with E-state index in [4.69, 9.17) is 10.5 Å². The average molecular weight is 264 g/mol. The lowest BCUT2D eigenvalue weighted by molar-refractivity contribution is -0.142. The Morgan fingerprint density at radius 1 is 1.11 bits per heavy atom. The lowest BCUT2D eigenvalue weighted by Gasteiger charge is -2.04. The molecule has 0 aliphatic heterocycles. The Morgan fingerprint density at radius 2 is 1.53 bits per heavy atom. The molecular weight excluding hydrogens is 248 g/mol. The fourth-order valence-corrected chi connectivity index (χ4v) is 0.595. The molecule has 6 heteroatoms. The van der Waals surface area contributed by atoms with Crippen molar-refractivity contribution in [3.05, 3.63) is 24.3 Å². The number of rotatable bonds is 4. The molecule has 19 heavy (non-hydrogen) atoms. The monoisotopic (exact) mass is 264 g/mol. The van der Waals surface area contributed by atoms with Crippen LogP contribution < -0.4 is 0 Å². The minimum atomic E-state index is -0.641. The van der Waals surface area contributed by atoms with Crippen molar-refractivity contribution >= 4 is 11.9 Å². The molecule has 0 atom stereocenters. The summed E-state index contributed by atoms with van der Waals surface area (Å²) in [7, 11) is 0. The summed E-state index contributed by atoms with van der Waals surface area (Å²) in [5, 5.41) is 16.2. The first kappa shape index (κ1) is 18.8. The fraction of sp³-hybridized carbons (Fsp3) is 0.385. The summed E-state index contributed by atoms with van der Waals surface area (Å²) in [6.07, 6.45) is -0.197. The van der Waals surface area contributed by atoms with Gasteiger partial charge >= 0.3 is 11.9 Å². The molecule has 0 amide bonds. The molecule has 0 aromatic heterocycles. The molecule has 0 aliphatic rings. The van der Waals surface area contributed by atoms with Gasteiger partial charge in [-0.15, -0.1) is 0 Å². The van der Waals surface area contributed by atoms with Gasteiger partial charge in [0.2, 0.25) is 0 Å². The summed E-state index contributed by atoms with van der Waals surface area (Å²) in [5.74, 6) is -1.28. The minimum Gasteiger partial charge on any atom is -0.462 e. The van der Waals surface area contributed by atoms with Gasteiger partial charge in [0.1, 0.15) is 23.3 Å². The van der Waals surface area contributed by atoms with Crippen LogP contribution in [0.4, 0.5) is 0 Å². The van der Waals surface area contributed by atoms with E-state index in [9.17, 15) is 9.59 Å². The molecule has 0 unspecified atom stereocenters. The second-order valence-electron chi connectivity index (χ2n) is 3.36. The Hall–Kier alpha value is -2.60. The van der Waals surface area contributed by atoms with Crippen molar-refractivity contribution in [3.8, 4) is 12.1 Å². The largest absolute Gasteiger partial charge is 0.462 e. The molecule has 0 aromatic carbocycles. The van der Waals surface area contributed by atoms with Crippen LogP contribution in [0.5, 0.6) is 0 Å². The van der Waals surface area contributed by atoms with E-state index in [1.165, 1.54) is 0 Å². The second-order valence-corrected chi connectivity index (χ2v) is 3.36. The van der Waals surface area contributed by atoms with E-state index in [0.29, 0.717) is 0 Å². The summed E-state index contributed by atoms with van der Waals surface area (Å²) in [4.78, 5) is 21.1. The summed E-state index contributed by atoms with van der Waals surface area (Å²) in [6, 6.07) is 3.18. The van der Waals surface area contributed by atoms with Gasteiger partial charge < -0.3 is 9.47 Å². The van der Waals surface area contributed by atoms with Crippen molar-refractivity contribution in [1.29, 1.82) is 10.5 Å². The van der Waals surface area contributed by atoms with Crippen molar-refractivity contribution in [1.82, 2.24) is 0 Å². The average Bonchev–Trinajstić information content (AvgIpc) is 2.36. The maximum absolute atomic E-state index is 10.6. The third-order valence-electron chi connectivity index (χ3n) is 1.38. The summed E-state index contributed by atoms with van der Waals surface area (Å²) in [5.41, 5.74) is -0.314. The molecule has 0 aromatic rings. The van der Waals surface area contributed by atoms with Gasteiger partial charge in [0.15, 0.2) is 0 Å². The predicted octanol–water partition coefficient (Wildman–Crippen LogP) is 1.65. The first-order valence-corrected chi connectivity index (χ1v) is 5.36. The zero-order chi connectivity index (χ0) is 15.4. The third-order valence-corrected chi connectivity index (χ3v) is 1.38. The highest BCUT2D eigenvalue weighted by Gasteiger charge is 2.08. The molecule has 0 heterocycles. The number of nitrogens with zero attached hydrogens (tertiary/aromatic N) is 2. The van der Waals surface area contributed by atoms with Crippen LogP contribution in [0.2, 0.25) is 0 Å². The number of esters is 2. The van der Waals surface area contributed by atoms with Crippen molar-refractivity contribution in [2.75, 3.05) is 6.61 Å². The van der Waals surface area contributed by atoms with Gasteiger partial charge in [0.25, 0.3) is 0 Å². The molecule has 0 bridgehead atoms. The van der Waals surface area contributed by atoms with E-state index in [1.807, 2.05) is 0 Å². The normalized spacial score (nSPS) is 8.11. The predicted molar refractivity (Wildman–Crippen MR) is 67.4 cm³/mol. The highest BCUT2D eigenvalue weighted by atomic mass is 16.5. The molecular formula is C13H16N2O4. The molecule has 0 aliphatic carbocycles. The van der Waals surface area contributed by atoms with Crippen LogP contribution in [0.3, 0.4) is 0 Å². The number of hydrogen-bond acceptors (Lipinski definition) is 6. The summed E-state index contributed by atoms with van der Waals surface area (Å²) < 4.78 is 9.08. The second kappa shape index (κ2) is 10.5. The van der Waals surface area contributed by atoms with Crippen LogP contribution in [0.25, 0.3) is 0 Å². The Bertz CT molecular complexity index is 439. The highest BCUT2D eigenvalue weighted by molar-refractivity contribution is 5.92. The Labute approximate surface area is 112 Å². The lowest BCUT2D eigenvalue weighted by Crippen LogP contribution is -2.11. The Balaban J connectivity index is 0. The Morgan fingerprint density at radius 3 is 1.84 bits per heavy atom. The number of hydrogen-bond donors (Lipinski definition) is 0. The van der Waals surface area contributed by atoms with Crippen molar-refractivity contribution in [2.24, 2.45) is 0 Å². The first-order chi connectivity index (χ1) is 8.79. The van der Waals surface area contributed by atoms with E-state index in [-0.39, 0.29) is 23.9 Å². The van der Waals surface area contributed by atoms with Crippen LogP contribution in [0.15, 0.2) is 24.3 Å². The molecule has 0 radical (unpaired) electrons. The number of ether oxygens (including phenoxy) is 2. The van der Waals surface area contributed by atoms with Gasteiger partial charge in [-0.3, -0.25) is 0 Å². The quantitative estimate of drug-likeness (QED) is 0.434. The zero-order valence-corrected chi connectivity index (χ0v) is 11.2. The van der Waals surface area contributed by atoms with Gasteiger partial charge in [0.05, 0.1) is 12.7 Å². The van der Waals surface area contributed by atoms with Gasteiger partial charge in [-0.1, -0.05) is 13.2 Å². The molecule has 0 saturated heterocycles. The number of carbonyl (C=O) groups excluding carboxylic acids is 2. The summed E-state index contributed by atoms with van der Waals surface area (Å²) in [6.45, 7) is 11.7. The molecule has 102 valence electrons. The van der Waals surface area contributed by atoms with E-state index >= 15 is 0 Å². The van der Waals surface area contributed by atoms with Crippen molar-refractivity contribution in [2.45, 2.75) is 26.9 Å². The van der Waals surface area contributed by atoms with E-state index in [1.54, 1.807) is 32.9 Å². The standard InChI is InChI=1S/C7H9NO2.C6H7NO2/c1-5(2)10-7(9)6(3)4-8;1-3-9-6(8)5(2)4-7/h5H,3H2,1-2H3;2-3H2,1H3. The van der Waals surface area contributed by atoms with Crippen LogP contribution in [-0.2, 0) is 19.1 Å². The van der Waals surface area contributed by atoms with Crippen molar-refractivity contribution in [3.63, 3.8) is 0 Å². The molecule has 0 rings (SSSR count). The third kappa shape index (κ3) is 10.3. The minimum absolute atomic E-state index is 0.156. The van der Waals surface area contributed by atoms with Crippen LogP contribution in [0, 0.1) is 22.7 Å². The SMILES string of the molecule is C=C(C#N)C(=O)OC(C)C.C=C(C#N)C(=O)OCC. The zero-order valence-electron chi connectivity index (χ0n) is 11.2. The molecule has 0 saturated carbocycles. The number of carbonyl (C=O) groups is 2. The van der Waals surface area contributed by atoms with Crippen LogP contribution in [0.1, 0.15) is 20.8 Å². The van der Waals surface area contributed by atoms with E-state index in [0.717, 1.165) is 0 Å². The highest BCUT2D eigenvalue weighted by Crippen LogP contribution is 1.96. The smallest absolute Gasteiger partial charge is 0.348 e. The van der Waals surface area contributed by atoms with Gasteiger partial charge in [-0.25, -0.2) is 9.59 Å². The first-order valence-electron chi connectivity index (χ1n) is 5.36.